The number of nitrogens with one attached hydrogen (secondary N) is 2. The molecular formula is C24H26ClFN4O5. The highest BCUT2D eigenvalue weighted by atomic mass is 35.5. The second-order valence-electron chi connectivity index (χ2n) is 7.58. The average molecular weight is 505 g/mol. The first kappa shape index (κ1) is 26.1. The number of carbonyl (C=O) groups excluding carboxylic acids is 2. The van der Waals surface area contributed by atoms with Crippen molar-refractivity contribution in [1.82, 2.24) is 15.2 Å². The molecule has 0 saturated heterocycles. The van der Waals surface area contributed by atoms with Crippen LogP contribution in [0.15, 0.2) is 54.7 Å². The van der Waals surface area contributed by atoms with Crippen LogP contribution in [0.3, 0.4) is 0 Å². The van der Waals surface area contributed by atoms with Gasteiger partial charge in [0.1, 0.15) is 18.2 Å². The number of urea groups is 1. The maximum absolute atomic E-state index is 13.6. The number of aliphatic hydroxyl groups is 1. The van der Waals surface area contributed by atoms with Gasteiger partial charge < -0.3 is 24.8 Å². The Balaban J connectivity index is 1.57. The Labute approximate surface area is 206 Å². The van der Waals surface area contributed by atoms with Crippen LogP contribution in [0, 0.1) is 5.82 Å². The number of amides is 3. The quantitative estimate of drug-likeness (QED) is 0.362. The molecular weight excluding hydrogens is 479 g/mol. The van der Waals surface area contributed by atoms with Crippen LogP contribution in [0.4, 0.5) is 19.8 Å². The van der Waals surface area contributed by atoms with Crippen molar-refractivity contribution in [2.75, 3.05) is 38.8 Å². The minimum absolute atomic E-state index is 0.00103. The Hall–Kier alpha value is -3.47. The molecule has 35 heavy (non-hydrogen) atoms. The summed E-state index contributed by atoms with van der Waals surface area (Å²) in [7, 11) is 1.50. The number of ether oxygens (including phenoxy) is 2. The molecule has 1 aromatic heterocycles. The molecule has 9 nitrogen and oxygen atoms in total. The molecule has 0 aliphatic rings. The predicted octanol–water partition coefficient (Wildman–Crippen LogP) is 3.79. The molecule has 1 atom stereocenters. The molecule has 0 bridgehead atoms. The van der Waals surface area contributed by atoms with Gasteiger partial charge in [-0.2, -0.15) is 0 Å². The zero-order valence-corrected chi connectivity index (χ0v) is 19.8. The molecule has 0 unspecified atom stereocenters. The normalized spacial score (nSPS) is 11.7. The first-order chi connectivity index (χ1) is 16.9. The van der Waals surface area contributed by atoms with Crippen LogP contribution < -0.4 is 10.6 Å². The van der Waals surface area contributed by atoms with Gasteiger partial charge in [0.05, 0.1) is 30.9 Å². The maximum Gasteiger partial charge on any atom is 0.412 e. The summed E-state index contributed by atoms with van der Waals surface area (Å²) in [4.78, 5) is 30.5. The lowest BCUT2D eigenvalue weighted by atomic mass is 10.2. The zero-order valence-electron chi connectivity index (χ0n) is 19.0. The molecule has 0 saturated carbocycles. The summed E-state index contributed by atoms with van der Waals surface area (Å²) in [6.07, 6.45) is 0.889. The number of hydrogen-bond acceptors (Lipinski definition) is 6. The van der Waals surface area contributed by atoms with E-state index < -0.39 is 24.0 Å². The second-order valence-corrected chi connectivity index (χ2v) is 7.95. The highest BCUT2D eigenvalue weighted by molar-refractivity contribution is 6.31. The first-order valence-electron chi connectivity index (χ1n) is 10.8. The Kier molecular flexibility index (Phi) is 9.59. The fourth-order valence-electron chi connectivity index (χ4n) is 3.17. The summed E-state index contributed by atoms with van der Waals surface area (Å²) in [5, 5.41) is 16.0. The summed E-state index contributed by atoms with van der Waals surface area (Å²) >= 11 is 5.93. The summed E-state index contributed by atoms with van der Waals surface area (Å²) in [6, 6.07) is 12.4. The van der Waals surface area contributed by atoms with Gasteiger partial charge in [0.25, 0.3) is 0 Å². The van der Waals surface area contributed by atoms with E-state index in [1.807, 2.05) is 24.3 Å². The van der Waals surface area contributed by atoms with Crippen molar-refractivity contribution in [2.45, 2.75) is 12.6 Å². The third-order valence-corrected chi connectivity index (χ3v) is 5.57. The van der Waals surface area contributed by atoms with Crippen LogP contribution in [0.2, 0.25) is 5.02 Å². The van der Waals surface area contributed by atoms with Crippen molar-refractivity contribution in [3.63, 3.8) is 0 Å². The number of hydrogen-bond donors (Lipinski definition) is 3. The number of benzene rings is 2. The van der Waals surface area contributed by atoms with E-state index in [4.69, 9.17) is 26.2 Å². The van der Waals surface area contributed by atoms with E-state index in [-0.39, 0.29) is 38.0 Å². The molecule has 3 N–H and O–H groups in total. The SMILES string of the molecule is CN(C(=O)NCc1cccc(F)c1Cl)[C@@H](COCCO)COC(=O)Nc1cc2ccccc2cn1. The lowest BCUT2D eigenvalue weighted by Crippen LogP contribution is -2.48. The van der Waals surface area contributed by atoms with Gasteiger partial charge >= 0.3 is 12.1 Å². The Morgan fingerprint density at radius 3 is 2.71 bits per heavy atom. The largest absolute Gasteiger partial charge is 0.447 e. The minimum atomic E-state index is -0.750. The smallest absolute Gasteiger partial charge is 0.412 e. The van der Waals surface area contributed by atoms with Crippen molar-refractivity contribution in [2.24, 2.45) is 0 Å². The van der Waals surface area contributed by atoms with Gasteiger partial charge in [-0.05, 0) is 23.1 Å². The van der Waals surface area contributed by atoms with E-state index in [9.17, 15) is 14.0 Å². The number of carbonyl (C=O) groups is 2. The fraction of sp³-hybridized carbons (Fsp3) is 0.292. The monoisotopic (exact) mass is 504 g/mol. The van der Waals surface area contributed by atoms with Gasteiger partial charge in [0, 0.05) is 25.2 Å². The molecule has 3 aromatic rings. The van der Waals surface area contributed by atoms with Crippen LogP contribution in [0.5, 0.6) is 0 Å². The van der Waals surface area contributed by atoms with Crippen molar-refractivity contribution in [3.8, 4) is 0 Å². The van der Waals surface area contributed by atoms with E-state index >= 15 is 0 Å². The highest BCUT2D eigenvalue weighted by Gasteiger charge is 2.22. The van der Waals surface area contributed by atoms with Crippen LogP contribution in [0.1, 0.15) is 5.56 Å². The zero-order chi connectivity index (χ0) is 25.2. The van der Waals surface area contributed by atoms with Gasteiger partial charge in [-0.3, -0.25) is 5.32 Å². The lowest BCUT2D eigenvalue weighted by Gasteiger charge is -2.28. The fourth-order valence-corrected chi connectivity index (χ4v) is 3.36. The van der Waals surface area contributed by atoms with Gasteiger partial charge in [0.15, 0.2) is 0 Å². The molecule has 0 spiro atoms. The molecule has 0 fully saturated rings. The van der Waals surface area contributed by atoms with Crippen LogP contribution in [-0.2, 0) is 16.0 Å². The van der Waals surface area contributed by atoms with Crippen molar-refractivity contribution in [1.29, 1.82) is 0 Å². The molecule has 0 radical (unpaired) electrons. The number of anilines is 1. The summed E-state index contributed by atoms with van der Waals surface area (Å²) in [6.45, 7) is -0.325. The number of likely N-dealkylation sites (N-methyl/N-ethyl adjacent to an activating group) is 1. The van der Waals surface area contributed by atoms with Crippen LogP contribution in [-0.4, -0.2) is 66.6 Å². The van der Waals surface area contributed by atoms with E-state index in [2.05, 4.69) is 15.6 Å². The molecule has 3 amide bonds. The Morgan fingerprint density at radius 1 is 1.17 bits per heavy atom. The number of nitrogens with zero attached hydrogens (tertiary/aromatic N) is 2. The predicted molar refractivity (Wildman–Crippen MR) is 130 cm³/mol. The van der Waals surface area contributed by atoms with E-state index in [1.165, 1.54) is 24.1 Å². The third-order valence-electron chi connectivity index (χ3n) is 5.14. The number of aromatic nitrogens is 1. The van der Waals surface area contributed by atoms with E-state index in [1.54, 1.807) is 18.3 Å². The van der Waals surface area contributed by atoms with Crippen molar-refractivity contribution >= 4 is 40.3 Å². The number of rotatable bonds is 10. The van der Waals surface area contributed by atoms with E-state index in [0.717, 1.165) is 10.8 Å². The third kappa shape index (κ3) is 7.51. The number of fused-ring (bicyclic) bond motifs is 1. The van der Waals surface area contributed by atoms with Crippen LogP contribution in [0.25, 0.3) is 10.8 Å². The molecule has 3 rings (SSSR count). The molecule has 186 valence electrons. The lowest BCUT2D eigenvalue weighted by molar-refractivity contribution is 0.0328. The van der Waals surface area contributed by atoms with Gasteiger partial charge in [-0.15, -0.1) is 0 Å². The summed E-state index contributed by atoms with van der Waals surface area (Å²) < 4.78 is 24.3. The average Bonchev–Trinajstić information content (AvgIpc) is 2.86. The Bertz CT molecular complexity index is 1170. The van der Waals surface area contributed by atoms with E-state index in [0.29, 0.717) is 11.4 Å². The highest BCUT2D eigenvalue weighted by Crippen LogP contribution is 2.19. The Morgan fingerprint density at radius 2 is 1.94 bits per heavy atom. The summed E-state index contributed by atoms with van der Waals surface area (Å²) in [5.74, 6) is -0.262. The molecule has 11 heteroatoms. The van der Waals surface area contributed by atoms with Crippen LogP contribution >= 0.6 is 11.6 Å². The number of pyridine rings is 1. The maximum atomic E-state index is 13.6. The van der Waals surface area contributed by atoms with Crippen molar-refractivity contribution in [3.05, 3.63) is 71.1 Å². The minimum Gasteiger partial charge on any atom is -0.447 e. The van der Waals surface area contributed by atoms with Gasteiger partial charge in [-0.1, -0.05) is 48.0 Å². The molecule has 0 aliphatic heterocycles. The number of halogens is 2. The first-order valence-corrected chi connectivity index (χ1v) is 11.2. The topological polar surface area (TPSA) is 113 Å². The van der Waals surface area contributed by atoms with Gasteiger partial charge in [-0.25, -0.2) is 19.0 Å². The molecule has 0 aliphatic carbocycles. The van der Waals surface area contributed by atoms with Gasteiger partial charge in [0.2, 0.25) is 0 Å². The summed E-state index contributed by atoms with van der Waals surface area (Å²) in [5.41, 5.74) is 0.417. The van der Waals surface area contributed by atoms with Crippen molar-refractivity contribution < 1.29 is 28.6 Å². The molecule has 1 heterocycles. The number of aliphatic hydroxyl groups excluding tert-OH is 1. The standard InChI is InChI=1S/C24H26ClFN4O5/c1-30(23(32)28-13-18-7-4-8-20(26)22(18)25)19(14-34-10-9-31)15-35-24(33)29-21-11-16-5-2-3-6-17(16)12-27-21/h2-8,11-12,19,31H,9-10,13-15H2,1H3,(H,28,32)(H,27,29,33)/t19-/m0/s1. The molecule has 2 aromatic carbocycles. The second kappa shape index (κ2) is 12.8.